The van der Waals surface area contributed by atoms with Gasteiger partial charge in [0, 0.05) is 19.6 Å². The molecule has 0 radical (unpaired) electrons. The molecular formula is C17H21FN2. The monoisotopic (exact) mass is 272 g/mol. The molecule has 2 rings (SSSR count). The van der Waals surface area contributed by atoms with Gasteiger partial charge in [-0.15, -0.1) is 0 Å². The summed E-state index contributed by atoms with van der Waals surface area (Å²) in [6.45, 7) is 2.78. The summed E-state index contributed by atoms with van der Waals surface area (Å²) in [7, 11) is 1.89. The van der Waals surface area contributed by atoms with Crippen LogP contribution in [0, 0.1) is 12.7 Å². The maximum Gasteiger partial charge on any atom is 0.146 e. The van der Waals surface area contributed by atoms with E-state index in [1.807, 2.05) is 18.0 Å². The molecule has 0 bridgehead atoms. The van der Waals surface area contributed by atoms with E-state index in [1.165, 1.54) is 11.6 Å². The lowest BCUT2D eigenvalue weighted by atomic mass is 10.0. The Bertz CT molecular complexity index is 551. The van der Waals surface area contributed by atoms with E-state index in [2.05, 4.69) is 31.2 Å². The van der Waals surface area contributed by atoms with Gasteiger partial charge < -0.3 is 10.6 Å². The molecule has 0 saturated carbocycles. The van der Waals surface area contributed by atoms with Crippen LogP contribution in [0.15, 0.2) is 48.5 Å². The Kier molecular flexibility index (Phi) is 4.74. The summed E-state index contributed by atoms with van der Waals surface area (Å²) < 4.78 is 13.7. The number of anilines is 1. The summed E-state index contributed by atoms with van der Waals surface area (Å²) in [4.78, 5) is 1.91. The fourth-order valence-electron chi connectivity index (χ4n) is 2.19. The maximum atomic E-state index is 13.7. The predicted octanol–water partition coefficient (Wildman–Crippen LogP) is 3.66. The molecule has 0 fully saturated rings. The highest BCUT2D eigenvalue weighted by Crippen LogP contribution is 2.20. The van der Waals surface area contributed by atoms with Gasteiger partial charge in [-0.3, -0.25) is 0 Å². The Morgan fingerprint density at radius 2 is 1.75 bits per heavy atom. The number of benzene rings is 2. The van der Waals surface area contributed by atoms with Crippen LogP contribution in [0.25, 0.3) is 0 Å². The maximum absolute atomic E-state index is 13.7. The van der Waals surface area contributed by atoms with Gasteiger partial charge >= 0.3 is 0 Å². The summed E-state index contributed by atoms with van der Waals surface area (Å²) in [6, 6.07) is 15.0. The second-order valence-corrected chi connectivity index (χ2v) is 5.18. The van der Waals surface area contributed by atoms with Crippen LogP contribution in [-0.4, -0.2) is 13.6 Å². The highest BCUT2D eigenvalue weighted by Gasteiger charge is 2.10. The van der Waals surface area contributed by atoms with Crippen molar-refractivity contribution in [2.45, 2.75) is 19.4 Å². The van der Waals surface area contributed by atoms with E-state index in [0.717, 1.165) is 18.5 Å². The molecule has 0 heterocycles. The highest BCUT2D eigenvalue weighted by atomic mass is 19.1. The van der Waals surface area contributed by atoms with Crippen LogP contribution in [0.5, 0.6) is 0 Å². The van der Waals surface area contributed by atoms with Crippen LogP contribution in [0.2, 0.25) is 0 Å². The SMILES string of the molecule is Cc1ccc(C(N)CCN(C)c2ccccc2F)cc1. The molecule has 0 aromatic heterocycles. The van der Waals surface area contributed by atoms with E-state index in [9.17, 15) is 4.39 Å². The second kappa shape index (κ2) is 6.53. The average molecular weight is 272 g/mol. The van der Waals surface area contributed by atoms with E-state index >= 15 is 0 Å². The van der Waals surface area contributed by atoms with Crippen molar-refractivity contribution in [2.75, 3.05) is 18.5 Å². The highest BCUT2D eigenvalue weighted by molar-refractivity contribution is 5.46. The molecule has 3 heteroatoms. The topological polar surface area (TPSA) is 29.3 Å². The molecule has 2 N–H and O–H groups in total. The summed E-state index contributed by atoms with van der Waals surface area (Å²) in [6.07, 6.45) is 0.786. The number of nitrogens with zero attached hydrogens (tertiary/aromatic N) is 1. The number of hydrogen-bond acceptors (Lipinski definition) is 2. The van der Waals surface area contributed by atoms with E-state index in [4.69, 9.17) is 5.73 Å². The molecule has 0 aliphatic rings. The minimum atomic E-state index is -0.195. The number of aryl methyl sites for hydroxylation is 1. The molecule has 1 atom stereocenters. The molecule has 0 aliphatic heterocycles. The standard InChI is InChI=1S/C17H21FN2/c1-13-7-9-14(10-8-13)16(19)11-12-20(2)17-6-4-3-5-15(17)18/h3-10,16H,11-12,19H2,1-2H3. The first-order chi connectivity index (χ1) is 9.58. The Balaban J connectivity index is 1.95. The first-order valence-electron chi connectivity index (χ1n) is 6.86. The van der Waals surface area contributed by atoms with E-state index < -0.39 is 0 Å². The summed E-state index contributed by atoms with van der Waals surface area (Å²) in [5, 5.41) is 0. The lowest BCUT2D eigenvalue weighted by Gasteiger charge is -2.22. The molecule has 0 aliphatic carbocycles. The summed E-state index contributed by atoms with van der Waals surface area (Å²) in [5.74, 6) is -0.195. The van der Waals surface area contributed by atoms with Crippen molar-refractivity contribution in [2.24, 2.45) is 5.73 Å². The molecule has 1 unspecified atom stereocenters. The molecule has 2 aromatic carbocycles. The van der Waals surface area contributed by atoms with E-state index in [-0.39, 0.29) is 11.9 Å². The van der Waals surface area contributed by atoms with Gasteiger partial charge in [0.05, 0.1) is 5.69 Å². The minimum absolute atomic E-state index is 0.0233. The molecule has 2 nitrogen and oxygen atoms in total. The van der Waals surface area contributed by atoms with Gasteiger partial charge in [0.25, 0.3) is 0 Å². The minimum Gasteiger partial charge on any atom is -0.372 e. The van der Waals surface area contributed by atoms with Crippen LogP contribution in [-0.2, 0) is 0 Å². The Labute approximate surface area is 120 Å². The van der Waals surface area contributed by atoms with Crippen molar-refractivity contribution in [3.8, 4) is 0 Å². The zero-order chi connectivity index (χ0) is 14.5. The molecule has 0 saturated heterocycles. The number of rotatable bonds is 5. The molecule has 20 heavy (non-hydrogen) atoms. The third kappa shape index (κ3) is 3.58. The van der Waals surface area contributed by atoms with Gasteiger partial charge in [-0.2, -0.15) is 0 Å². The van der Waals surface area contributed by atoms with E-state index in [0.29, 0.717) is 5.69 Å². The third-order valence-electron chi connectivity index (χ3n) is 3.54. The fourth-order valence-corrected chi connectivity index (χ4v) is 2.19. The van der Waals surface area contributed by atoms with Gasteiger partial charge in [-0.25, -0.2) is 4.39 Å². The van der Waals surface area contributed by atoms with E-state index in [1.54, 1.807) is 12.1 Å². The molecule has 2 aromatic rings. The van der Waals surface area contributed by atoms with Crippen LogP contribution in [0.3, 0.4) is 0 Å². The van der Waals surface area contributed by atoms with Gasteiger partial charge in [0.15, 0.2) is 0 Å². The van der Waals surface area contributed by atoms with Gasteiger partial charge in [-0.1, -0.05) is 42.0 Å². The number of nitrogens with two attached hydrogens (primary N) is 1. The van der Waals surface area contributed by atoms with Gasteiger partial charge in [0.2, 0.25) is 0 Å². The first-order valence-corrected chi connectivity index (χ1v) is 6.86. The van der Waals surface area contributed by atoms with Crippen LogP contribution in [0.4, 0.5) is 10.1 Å². The quantitative estimate of drug-likeness (QED) is 0.900. The van der Waals surface area contributed by atoms with Gasteiger partial charge in [-0.05, 0) is 31.0 Å². The summed E-state index contributed by atoms with van der Waals surface area (Å²) >= 11 is 0. The third-order valence-corrected chi connectivity index (χ3v) is 3.54. The van der Waals surface area contributed by atoms with Crippen molar-refractivity contribution in [1.82, 2.24) is 0 Å². The van der Waals surface area contributed by atoms with Crippen molar-refractivity contribution < 1.29 is 4.39 Å². The number of hydrogen-bond donors (Lipinski definition) is 1. The smallest absolute Gasteiger partial charge is 0.146 e. The van der Waals surface area contributed by atoms with Crippen molar-refractivity contribution >= 4 is 5.69 Å². The Morgan fingerprint density at radius 3 is 2.40 bits per heavy atom. The van der Waals surface area contributed by atoms with Gasteiger partial charge in [0.1, 0.15) is 5.82 Å². The molecular weight excluding hydrogens is 251 g/mol. The molecule has 0 amide bonds. The van der Waals surface area contributed by atoms with Crippen LogP contribution < -0.4 is 10.6 Å². The summed E-state index contributed by atoms with van der Waals surface area (Å²) in [5.41, 5.74) is 9.15. The fraction of sp³-hybridized carbons (Fsp3) is 0.294. The van der Waals surface area contributed by atoms with Crippen molar-refractivity contribution in [3.05, 3.63) is 65.5 Å². The first kappa shape index (κ1) is 14.5. The Morgan fingerprint density at radius 1 is 1.10 bits per heavy atom. The van der Waals surface area contributed by atoms with Crippen molar-refractivity contribution in [3.63, 3.8) is 0 Å². The average Bonchev–Trinajstić information content (AvgIpc) is 2.45. The molecule has 0 spiro atoms. The normalized spacial score (nSPS) is 12.2. The predicted molar refractivity (Wildman–Crippen MR) is 82.4 cm³/mol. The largest absolute Gasteiger partial charge is 0.372 e. The zero-order valence-corrected chi connectivity index (χ0v) is 12.0. The second-order valence-electron chi connectivity index (χ2n) is 5.18. The number of para-hydroxylation sites is 1. The van der Waals surface area contributed by atoms with Crippen LogP contribution in [0.1, 0.15) is 23.6 Å². The number of halogens is 1. The lowest BCUT2D eigenvalue weighted by Crippen LogP contribution is -2.24. The lowest BCUT2D eigenvalue weighted by molar-refractivity contribution is 0.607. The Hall–Kier alpha value is -1.87. The molecule has 106 valence electrons. The zero-order valence-electron chi connectivity index (χ0n) is 12.0. The van der Waals surface area contributed by atoms with Crippen LogP contribution >= 0.6 is 0 Å². The van der Waals surface area contributed by atoms with Crippen molar-refractivity contribution in [1.29, 1.82) is 0 Å².